The van der Waals surface area contributed by atoms with Crippen molar-refractivity contribution in [1.82, 2.24) is 10.6 Å². The van der Waals surface area contributed by atoms with E-state index in [1.807, 2.05) is 38.1 Å². The summed E-state index contributed by atoms with van der Waals surface area (Å²) in [6.07, 6.45) is -3.90. The van der Waals surface area contributed by atoms with Crippen molar-refractivity contribution in [2.45, 2.75) is 32.5 Å². The van der Waals surface area contributed by atoms with Gasteiger partial charge in [-0.15, -0.1) is 24.0 Å². The van der Waals surface area contributed by atoms with E-state index in [9.17, 15) is 13.2 Å². The quantitative estimate of drug-likeness (QED) is 0.241. The molecule has 0 amide bonds. The van der Waals surface area contributed by atoms with E-state index in [-0.39, 0.29) is 36.7 Å². The predicted molar refractivity (Wildman–Crippen MR) is 108 cm³/mol. The fourth-order valence-electron chi connectivity index (χ4n) is 1.98. The number of hydrogen-bond donors (Lipinski definition) is 2. The highest BCUT2D eigenvalue weighted by atomic mass is 127. The lowest BCUT2D eigenvalue weighted by Gasteiger charge is -2.18. The third-order valence-corrected chi connectivity index (χ3v) is 3.23. The molecule has 1 aromatic carbocycles. The van der Waals surface area contributed by atoms with Gasteiger partial charge in [-0.3, -0.25) is 4.99 Å². The molecule has 0 aliphatic heterocycles. The SMILES string of the molecule is CN=C(NCCCOCC(F)(F)F)NCC(C)Oc1ccccc1C.I. The van der Waals surface area contributed by atoms with Gasteiger partial charge in [0, 0.05) is 20.2 Å². The third-order valence-electron chi connectivity index (χ3n) is 3.23. The molecule has 0 bridgehead atoms. The van der Waals surface area contributed by atoms with Gasteiger partial charge in [-0.2, -0.15) is 13.2 Å². The van der Waals surface area contributed by atoms with Crippen LogP contribution in [0.5, 0.6) is 5.75 Å². The van der Waals surface area contributed by atoms with E-state index in [0.717, 1.165) is 11.3 Å². The second kappa shape index (κ2) is 13.0. The molecule has 9 heteroatoms. The maximum absolute atomic E-state index is 11.9. The Labute approximate surface area is 169 Å². The van der Waals surface area contributed by atoms with Crippen molar-refractivity contribution in [3.8, 4) is 5.75 Å². The van der Waals surface area contributed by atoms with Gasteiger partial charge in [0.2, 0.25) is 0 Å². The van der Waals surface area contributed by atoms with Gasteiger partial charge in [-0.1, -0.05) is 18.2 Å². The molecule has 0 spiro atoms. The summed E-state index contributed by atoms with van der Waals surface area (Å²) in [5.74, 6) is 1.40. The van der Waals surface area contributed by atoms with Gasteiger partial charge in [-0.25, -0.2) is 0 Å². The molecule has 150 valence electrons. The van der Waals surface area contributed by atoms with E-state index in [4.69, 9.17) is 4.74 Å². The van der Waals surface area contributed by atoms with Crippen LogP contribution in [0, 0.1) is 6.92 Å². The molecular weight excluding hydrogens is 462 g/mol. The molecule has 0 aliphatic carbocycles. The van der Waals surface area contributed by atoms with E-state index < -0.39 is 12.8 Å². The second-order valence-corrected chi connectivity index (χ2v) is 5.60. The predicted octanol–water partition coefficient (Wildman–Crippen LogP) is 3.51. The highest BCUT2D eigenvalue weighted by Crippen LogP contribution is 2.17. The van der Waals surface area contributed by atoms with E-state index in [2.05, 4.69) is 20.4 Å². The molecule has 26 heavy (non-hydrogen) atoms. The van der Waals surface area contributed by atoms with Crippen molar-refractivity contribution >= 4 is 29.9 Å². The van der Waals surface area contributed by atoms with Gasteiger partial charge in [0.1, 0.15) is 18.5 Å². The number of rotatable bonds is 9. The third kappa shape index (κ3) is 11.4. The normalized spacial score (nSPS) is 12.9. The minimum atomic E-state index is -4.28. The molecule has 0 saturated heterocycles. The second-order valence-electron chi connectivity index (χ2n) is 5.60. The van der Waals surface area contributed by atoms with E-state index in [0.29, 0.717) is 25.5 Å². The first kappa shape index (κ1) is 24.8. The summed E-state index contributed by atoms with van der Waals surface area (Å²) in [5, 5.41) is 6.14. The van der Waals surface area contributed by atoms with Crippen molar-refractivity contribution in [3.05, 3.63) is 29.8 Å². The summed E-state index contributed by atoms with van der Waals surface area (Å²) in [5.41, 5.74) is 1.07. The molecule has 0 heterocycles. The molecular formula is C17H27F3IN3O2. The number of nitrogens with zero attached hydrogens (tertiary/aromatic N) is 1. The van der Waals surface area contributed by atoms with E-state index in [1.165, 1.54) is 0 Å². The number of aliphatic imine (C=N–C) groups is 1. The number of halogens is 4. The van der Waals surface area contributed by atoms with Gasteiger partial charge in [0.15, 0.2) is 5.96 Å². The lowest BCUT2D eigenvalue weighted by atomic mass is 10.2. The number of benzene rings is 1. The number of guanidine groups is 1. The Kier molecular flexibility index (Phi) is 12.4. The highest BCUT2D eigenvalue weighted by Gasteiger charge is 2.27. The minimum absolute atomic E-state index is 0. The van der Waals surface area contributed by atoms with Crippen LogP contribution in [0.25, 0.3) is 0 Å². The number of para-hydroxylation sites is 1. The zero-order valence-electron chi connectivity index (χ0n) is 15.2. The molecule has 1 aromatic rings. The van der Waals surface area contributed by atoms with E-state index >= 15 is 0 Å². The lowest BCUT2D eigenvalue weighted by molar-refractivity contribution is -0.173. The first-order chi connectivity index (χ1) is 11.8. The van der Waals surface area contributed by atoms with Crippen LogP contribution in [0.2, 0.25) is 0 Å². The Hall–Kier alpha value is -1.23. The largest absolute Gasteiger partial charge is 0.489 e. The van der Waals surface area contributed by atoms with Gasteiger partial charge < -0.3 is 20.1 Å². The number of alkyl halides is 3. The molecule has 0 radical (unpaired) electrons. The van der Waals surface area contributed by atoms with Crippen molar-refractivity contribution in [2.24, 2.45) is 4.99 Å². The number of hydrogen-bond acceptors (Lipinski definition) is 3. The van der Waals surface area contributed by atoms with Gasteiger partial charge in [-0.05, 0) is 31.9 Å². The molecule has 0 saturated carbocycles. The van der Waals surface area contributed by atoms with Crippen LogP contribution in [-0.2, 0) is 4.74 Å². The monoisotopic (exact) mass is 489 g/mol. The topological polar surface area (TPSA) is 54.9 Å². The molecule has 0 fully saturated rings. The first-order valence-electron chi connectivity index (χ1n) is 8.13. The van der Waals surface area contributed by atoms with Crippen LogP contribution in [0.3, 0.4) is 0 Å². The molecule has 0 aromatic heterocycles. The number of aryl methyl sites for hydroxylation is 1. The Morgan fingerprint density at radius 1 is 1.23 bits per heavy atom. The standard InChI is InChI=1S/C17H26F3N3O2.HI/c1-13-7-4-5-8-15(13)25-14(2)11-23-16(21-3)22-9-6-10-24-12-17(18,19)20;/h4-5,7-8,14H,6,9-12H2,1-3H3,(H2,21,22,23);1H. The average molecular weight is 489 g/mol. The maximum atomic E-state index is 11.9. The maximum Gasteiger partial charge on any atom is 0.411 e. The van der Waals surface area contributed by atoms with Crippen LogP contribution < -0.4 is 15.4 Å². The molecule has 2 N–H and O–H groups in total. The van der Waals surface area contributed by atoms with Gasteiger partial charge >= 0.3 is 6.18 Å². The summed E-state index contributed by atoms with van der Waals surface area (Å²) < 4.78 is 46.2. The Balaban J connectivity index is 0.00000625. The van der Waals surface area contributed by atoms with Gasteiger partial charge in [0.25, 0.3) is 0 Å². The van der Waals surface area contributed by atoms with Crippen LogP contribution in [0.15, 0.2) is 29.3 Å². The first-order valence-corrected chi connectivity index (χ1v) is 8.13. The fourth-order valence-corrected chi connectivity index (χ4v) is 1.98. The molecule has 5 nitrogen and oxygen atoms in total. The minimum Gasteiger partial charge on any atom is -0.489 e. The summed E-state index contributed by atoms with van der Waals surface area (Å²) in [4.78, 5) is 4.06. The molecule has 1 unspecified atom stereocenters. The van der Waals surface area contributed by atoms with Crippen LogP contribution in [0.1, 0.15) is 18.9 Å². The number of ether oxygens (including phenoxy) is 2. The van der Waals surface area contributed by atoms with Crippen LogP contribution in [0.4, 0.5) is 13.2 Å². The molecule has 1 rings (SSSR count). The average Bonchev–Trinajstić information content (AvgIpc) is 2.54. The summed E-state index contributed by atoms with van der Waals surface area (Å²) >= 11 is 0. The number of nitrogens with one attached hydrogen (secondary N) is 2. The lowest BCUT2D eigenvalue weighted by Crippen LogP contribution is -2.42. The van der Waals surface area contributed by atoms with Crippen molar-refractivity contribution in [3.63, 3.8) is 0 Å². The van der Waals surface area contributed by atoms with Crippen LogP contribution >= 0.6 is 24.0 Å². The molecule has 0 aliphatic rings. The summed E-state index contributed by atoms with van der Waals surface area (Å²) in [6, 6.07) is 7.77. The van der Waals surface area contributed by atoms with E-state index in [1.54, 1.807) is 7.05 Å². The molecule has 1 atom stereocenters. The Bertz CT molecular complexity index is 542. The fraction of sp³-hybridized carbons (Fsp3) is 0.588. The summed E-state index contributed by atoms with van der Waals surface area (Å²) in [7, 11) is 1.63. The zero-order chi connectivity index (χ0) is 18.7. The van der Waals surface area contributed by atoms with Crippen LogP contribution in [-0.4, -0.2) is 51.6 Å². The zero-order valence-corrected chi connectivity index (χ0v) is 17.6. The summed E-state index contributed by atoms with van der Waals surface area (Å²) in [6.45, 7) is 3.75. The Morgan fingerprint density at radius 2 is 1.92 bits per heavy atom. The van der Waals surface area contributed by atoms with Gasteiger partial charge in [0.05, 0.1) is 6.54 Å². The Morgan fingerprint density at radius 3 is 2.54 bits per heavy atom. The smallest absolute Gasteiger partial charge is 0.411 e. The highest BCUT2D eigenvalue weighted by molar-refractivity contribution is 14.0. The van der Waals surface area contributed by atoms with Crippen molar-refractivity contribution in [1.29, 1.82) is 0 Å². The van der Waals surface area contributed by atoms with Crippen molar-refractivity contribution < 1.29 is 22.6 Å². The van der Waals surface area contributed by atoms with Crippen molar-refractivity contribution in [2.75, 3.05) is 33.4 Å².